The summed E-state index contributed by atoms with van der Waals surface area (Å²) in [5.41, 5.74) is 0. The van der Waals surface area contributed by atoms with E-state index in [2.05, 4.69) is 29.3 Å². The van der Waals surface area contributed by atoms with Gasteiger partial charge in [-0.2, -0.15) is 5.90 Å². The van der Waals surface area contributed by atoms with Crippen molar-refractivity contribution in [1.82, 2.24) is 0 Å². The number of hydrogen-bond donors (Lipinski definition) is 2. The molecule has 1 radical (unpaired) electrons. The van der Waals surface area contributed by atoms with Crippen molar-refractivity contribution in [3.63, 3.8) is 0 Å². The minimum absolute atomic E-state index is 0.0379. The highest BCUT2D eigenvalue weighted by Gasteiger charge is 2.51. The number of esters is 1. The molecule has 3 N–H and O–H groups in total. The van der Waals surface area contributed by atoms with E-state index in [1.54, 1.807) is 0 Å². The molecule has 0 aromatic rings. The van der Waals surface area contributed by atoms with Crippen LogP contribution in [0.25, 0.3) is 0 Å². The Morgan fingerprint density at radius 3 is 1.87 bits per heavy atom. The Morgan fingerprint density at radius 1 is 0.903 bits per heavy atom. The SMILES string of the molecule is CCCCCCCC/C=C\CCCCCCCCOC(=O)C(CC(=O)O)[S+]([O])(=O)ON. The third-order valence-corrected chi connectivity index (χ3v) is 6.33. The number of nitrogens with two attached hydrogens (primary N) is 1. The van der Waals surface area contributed by atoms with E-state index in [9.17, 15) is 18.4 Å². The van der Waals surface area contributed by atoms with Crippen LogP contribution in [0.4, 0.5) is 0 Å². The predicted molar refractivity (Wildman–Crippen MR) is 120 cm³/mol. The Labute approximate surface area is 188 Å². The van der Waals surface area contributed by atoms with Crippen LogP contribution in [0, 0.1) is 0 Å². The lowest BCUT2D eigenvalue weighted by molar-refractivity contribution is -0.147. The van der Waals surface area contributed by atoms with Gasteiger partial charge in [-0.1, -0.05) is 76.9 Å². The maximum atomic E-state index is 11.8. The van der Waals surface area contributed by atoms with Crippen LogP contribution >= 0.6 is 0 Å². The fraction of sp³-hybridized carbons (Fsp3) is 0.818. The molecule has 0 aromatic carbocycles. The number of unbranched alkanes of at least 4 members (excludes halogenated alkanes) is 12. The Hall–Kier alpha value is -1.29. The number of carbonyl (C=O) groups excluding carboxylic acids is 1. The Bertz CT molecular complexity index is 554. The topological polar surface area (TPSA) is 136 Å². The summed E-state index contributed by atoms with van der Waals surface area (Å²) in [6.07, 6.45) is 19.7. The predicted octanol–water partition coefficient (Wildman–Crippen LogP) is 5.06. The third-order valence-electron chi connectivity index (χ3n) is 5.01. The summed E-state index contributed by atoms with van der Waals surface area (Å²) in [5.74, 6) is 2.01. The first-order valence-electron chi connectivity index (χ1n) is 11.5. The molecular weight excluding hydrogens is 422 g/mol. The molecule has 0 spiro atoms. The first kappa shape index (κ1) is 29.7. The van der Waals surface area contributed by atoms with Crippen LogP contribution in [-0.4, -0.2) is 28.9 Å². The molecule has 2 unspecified atom stereocenters. The molecule has 0 aromatic heterocycles. The highest BCUT2D eigenvalue weighted by Crippen LogP contribution is 2.17. The summed E-state index contributed by atoms with van der Waals surface area (Å²) < 4.78 is 31.7. The van der Waals surface area contributed by atoms with E-state index in [-0.39, 0.29) is 6.61 Å². The Kier molecular flexibility index (Phi) is 18.6. The second kappa shape index (κ2) is 19.4. The monoisotopic (exact) mass is 463 g/mol. The van der Waals surface area contributed by atoms with Gasteiger partial charge in [0.25, 0.3) is 5.25 Å². The van der Waals surface area contributed by atoms with Crippen molar-refractivity contribution in [3.05, 3.63) is 12.2 Å². The minimum atomic E-state index is -4.51. The van der Waals surface area contributed by atoms with Gasteiger partial charge in [-0.05, 0) is 40.6 Å². The van der Waals surface area contributed by atoms with Gasteiger partial charge in [0.1, 0.15) is 6.42 Å². The summed E-state index contributed by atoms with van der Waals surface area (Å²) in [6.45, 7) is 2.27. The second-order valence-corrected chi connectivity index (χ2v) is 9.53. The zero-order valence-corrected chi connectivity index (χ0v) is 19.7. The van der Waals surface area contributed by atoms with Crippen molar-refractivity contribution in [2.24, 2.45) is 5.90 Å². The zero-order valence-electron chi connectivity index (χ0n) is 18.9. The van der Waals surface area contributed by atoms with E-state index in [1.165, 1.54) is 44.9 Å². The van der Waals surface area contributed by atoms with Crippen LogP contribution in [0.15, 0.2) is 12.2 Å². The molecule has 0 bridgehead atoms. The number of hydrogen-bond acceptors (Lipinski definition) is 6. The van der Waals surface area contributed by atoms with E-state index in [1.807, 2.05) is 0 Å². The van der Waals surface area contributed by atoms with Crippen molar-refractivity contribution < 1.29 is 32.5 Å². The molecule has 181 valence electrons. The van der Waals surface area contributed by atoms with Gasteiger partial charge in [-0.15, -0.1) is 0 Å². The molecule has 31 heavy (non-hydrogen) atoms. The van der Waals surface area contributed by atoms with E-state index in [4.69, 9.17) is 9.84 Å². The Morgan fingerprint density at radius 2 is 1.39 bits per heavy atom. The summed E-state index contributed by atoms with van der Waals surface area (Å²) in [7, 11) is -4.51. The number of ether oxygens (including phenoxy) is 1. The molecule has 0 aliphatic rings. The number of carboxylic acid groups (broad SMARTS) is 1. The molecule has 0 saturated carbocycles. The highest BCUT2D eigenvalue weighted by atomic mass is 32.3. The number of carbonyl (C=O) groups is 2. The van der Waals surface area contributed by atoms with E-state index < -0.39 is 34.1 Å². The molecule has 2 atom stereocenters. The molecule has 0 amide bonds. The van der Waals surface area contributed by atoms with Crippen LogP contribution < -0.4 is 5.90 Å². The van der Waals surface area contributed by atoms with Gasteiger partial charge in [0.05, 0.1) is 11.2 Å². The van der Waals surface area contributed by atoms with Crippen molar-refractivity contribution >= 4 is 22.4 Å². The molecule has 0 saturated heterocycles. The van der Waals surface area contributed by atoms with Crippen molar-refractivity contribution in [2.45, 2.75) is 108 Å². The standard InChI is InChI=1S/C22H41NO7S/c1-2-3-4-5-6-7-8-9-10-11-12-13-14-15-16-17-18-29-22(26)20(19-21(24)25)31(27,28)30-23/h9-10,20H,2-8,11-19,23H2,1H3,(H,24,25)/q+1/b10-9-. The van der Waals surface area contributed by atoms with E-state index in [0.29, 0.717) is 6.42 Å². The minimum Gasteiger partial charge on any atom is -0.481 e. The normalized spacial score (nSPS) is 14.4. The summed E-state index contributed by atoms with van der Waals surface area (Å²) in [6, 6.07) is 0. The first-order chi connectivity index (χ1) is 14.8. The quantitative estimate of drug-likeness (QED) is 0.0798. The van der Waals surface area contributed by atoms with Crippen molar-refractivity contribution in [2.75, 3.05) is 6.61 Å². The van der Waals surface area contributed by atoms with Crippen LogP contribution in [0.1, 0.15) is 103 Å². The number of aliphatic carboxylic acids is 1. The third kappa shape index (κ3) is 17.0. The van der Waals surface area contributed by atoms with Gasteiger partial charge >= 0.3 is 22.4 Å². The highest BCUT2D eigenvalue weighted by molar-refractivity contribution is 7.94. The van der Waals surface area contributed by atoms with Gasteiger partial charge in [-0.25, -0.2) is 4.79 Å². The fourth-order valence-electron chi connectivity index (χ4n) is 3.14. The van der Waals surface area contributed by atoms with E-state index >= 15 is 0 Å². The first-order valence-corrected chi connectivity index (χ1v) is 13.0. The fourth-order valence-corrected chi connectivity index (χ4v) is 3.93. The maximum absolute atomic E-state index is 11.8. The van der Waals surface area contributed by atoms with Gasteiger partial charge in [0.2, 0.25) is 0 Å². The molecule has 0 heterocycles. The van der Waals surface area contributed by atoms with Crippen LogP contribution in [0.2, 0.25) is 0 Å². The molecule has 0 rings (SSSR count). The molecule has 8 nitrogen and oxygen atoms in total. The van der Waals surface area contributed by atoms with Gasteiger partial charge in [-0.3, -0.25) is 4.79 Å². The van der Waals surface area contributed by atoms with Crippen LogP contribution in [0.3, 0.4) is 0 Å². The Balaban J connectivity index is 3.66. The van der Waals surface area contributed by atoms with Crippen LogP contribution in [0.5, 0.6) is 0 Å². The summed E-state index contributed by atoms with van der Waals surface area (Å²) >= 11 is 0. The lowest BCUT2D eigenvalue weighted by Crippen LogP contribution is -2.40. The smallest absolute Gasteiger partial charge is 0.428 e. The number of rotatable bonds is 21. The second-order valence-electron chi connectivity index (χ2n) is 7.78. The number of allylic oxidation sites excluding steroid dienone is 2. The van der Waals surface area contributed by atoms with Crippen molar-refractivity contribution in [3.8, 4) is 0 Å². The zero-order chi connectivity index (χ0) is 23.4. The largest absolute Gasteiger partial charge is 0.481 e. The van der Waals surface area contributed by atoms with E-state index in [0.717, 1.165) is 38.5 Å². The van der Waals surface area contributed by atoms with Gasteiger partial charge in [0, 0.05) is 0 Å². The summed E-state index contributed by atoms with van der Waals surface area (Å²) in [5, 5.41) is 6.78. The summed E-state index contributed by atoms with van der Waals surface area (Å²) in [4.78, 5) is 22.6. The molecule has 0 aliphatic carbocycles. The number of carboxylic acids is 1. The molecule has 9 heteroatoms. The molecule has 0 fully saturated rings. The van der Waals surface area contributed by atoms with Gasteiger partial charge in [0.15, 0.2) is 0 Å². The van der Waals surface area contributed by atoms with Gasteiger partial charge < -0.3 is 9.84 Å². The molecular formula is C22H41NO7S+. The van der Waals surface area contributed by atoms with Crippen molar-refractivity contribution in [1.29, 1.82) is 0 Å². The molecule has 0 aliphatic heterocycles. The average molecular weight is 464 g/mol. The van der Waals surface area contributed by atoms with Crippen LogP contribution in [-0.2, 0) is 37.9 Å². The maximum Gasteiger partial charge on any atom is 0.428 e. The average Bonchev–Trinajstić information content (AvgIpc) is 2.73. The lowest BCUT2D eigenvalue weighted by atomic mass is 10.1. The lowest BCUT2D eigenvalue weighted by Gasteiger charge is -2.10.